The van der Waals surface area contributed by atoms with Crippen molar-refractivity contribution >= 4 is 11.9 Å². The Morgan fingerprint density at radius 1 is 1.21 bits per heavy atom. The van der Waals surface area contributed by atoms with E-state index in [1.807, 2.05) is 19.1 Å². The maximum atomic E-state index is 11.5. The van der Waals surface area contributed by atoms with E-state index in [4.69, 9.17) is 5.73 Å². The molecule has 0 fully saturated rings. The number of primary amides is 1. The van der Waals surface area contributed by atoms with Crippen molar-refractivity contribution in [3.63, 3.8) is 0 Å². The van der Waals surface area contributed by atoms with Crippen molar-refractivity contribution in [1.82, 2.24) is 10.6 Å². The van der Waals surface area contributed by atoms with Crippen LogP contribution in [0.4, 0.5) is 4.79 Å². The van der Waals surface area contributed by atoms with Crippen LogP contribution in [0.15, 0.2) is 24.3 Å². The molecular weight excluding hydrogens is 242 g/mol. The SMILES string of the molecule is CCc1ccc([C@H](C)N[C@H](C)C(=O)NC(N)=O)cc1. The Kier molecular flexibility index (Phi) is 5.51. The summed E-state index contributed by atoms with van der Waals surface area (Å²) in [5.74, 6) is -0.426. The molecule has 0 heterocycles. The Morgan fingerprint density at radius 2 is 1.79 bits per heavy atom. The maximum absolute atomic E-state index is 11.5. The van der Waals surface area contributed by atoms with Crippen LogP contribution < -0.4 is 16.4 Å². The minimum atomic E-state index is -0.835. The lowest BCUT2D eigenvalue weighted by molar-refractivity contribution is -0.121. The van der Waals surface area contributed by atoms with Gasteiger partial charge in [0, 0.05) is 6.04 Å². The number of carbonyl (C=O) groups excluding carboxylic acids is 2. The summed E-state index contributed by atoms with van der Waals surface area (Å²) >= 11 is 0. The number of imide groups is 1. The van der Waals surface area contributed by atoms with E-state index in [2.05, 4.69) is 29.7 Å². The average Bonchev–Trinajstić information content (AvgIpc) is 2.37. The van der Waals surface area contributed by atoms with E-state index in [1.54, 1.807) is 6.92 Å². The number of urea groups is 1. The quantitative estimate of drug-likeness (QED) is 0.752. The van der Waals surface area contributed by atoms with Gasteiger partial charge in [-0.25, -0.2) is 4.79 Å². The van der Waals surface area contributed by atoms with Crippen LogP contribution >= 0.6 is 0 Å². The molecule has 5 nitrogen and oxygen atoms in total. The normalized spacial score (nSPS) is 13.6. The molecule has 19 heavy (non-hydrogen) atoms. The molecule has 0 unspecified atom stereocenters. The first-order valence-corrected chi connectivity index (χ1v) is 6.39. The summed E-state index contributed by atoms with van der Waals surface area (Å²) in [6, 6.07) is 6.90. The van der Waals surface area contributed by atoms with Crippen LogP contribution in [0.2, 0.25) is 0 Å². The van der Waals surface area contributed by atoms with Crippen LogP contribution in [0.1, 0.15) is 37.9 Å². The molecule has 0 aromatic heterocycles. The lowest BCUT2D eigenvalue weighted by atomic mass is 10.0. The summed E-state index contributed by atoms with van der Waals surface area (Å²) in [4.78, 5) is 22.1. The van der Waals surface area contributed by atoms with Crippen molar-refractivity contribution in [3.8, 4) is 0 Å². The Labute approximate surface area is 113 Å². The second-order valence-corrected chi connectivity index (χ2v) is 4.56. The molecule has 0 aliphatic heterocycles. The first-order valence-electron chi connectivity index (χ1n) is 6.39. The van der Waals surface area contributed by atoms with Gasteiger partial charge in [-0.05, 0) is 31.4 Å². The minimum Gasteiger partial charge on any atom is -0.351 e. The number of aryl methyl sites for hydroxylation is 1. The van der Waals surface area contributed by atoms with Crippen molar-refractivity contribution < 1.29 is 9.59 Å². The largest absolute Gasteiger partial charge is 0.351 e. The average molecular weight is 263 g/mol. The predicted molar refractivity (Wildman–Crippen MR) is 74.6 cm³/mol. The van der Waals surface area contributed by atoms with Gasteiger partial charge in [0.1, 0.15) is 0 Å². The Bertz CT molecular complexity index is 443. The summed E-state index contributed by atoms with van der Waals surface area (Å²) < 4.78 is 0. The summed E-state index contributed by atoms with van der Waals surface area (Å²) in [7, 11) is 0. The third-order valence-corrected chi connectivity index (χ3v) is 3.03. The van der Waals surface area contributed by atoms with Gasteiger partial charge in [0.25, 0.3) is 0 Å². The van der Waals surface area contributed by atoms with Crippen LogP contribution in [0, 0.1) is 0 Å². The predicted octanol–water partition coefficient (Wildman–Crippen LogP) is 1.48. The zero-order valence-electron chi connectivity index (χ0n) is 11.6. The summed E-state index contributed by atoms with van der Waals surface area (Å²) in [6.45, 7) is 5.76. The molecule has 3 amide bonds. The fourth-order valence-electron chi connectivity index (χ4n) is 1.82. The van der Waals surface area contributed by atoms with E-state index < -0.39 is 18.0 Å². The monoisotopic (exact) mass is 263 g/mol. The second kappa shape index (κ2) is 6.89. The third kappa shape index (κ3) is 4.71. The standard InChI is InChI=1S/C14H21N3O2/c1-4-11-5-7-12(8-6-11)9(2)16-10(3)13(18)17-14(15)19/h5-10,16H,4H2,1-3H3,(H3,15,17,18,19)/t9-,10+/m0/s1. The van der Waals surface area contributed by atoms with Crippen LogP contribution in [0.3, 0.4) is 0 Å². The fraction of sp³-hybridized carbons (Fsp3) is 0.429. The van der Waals surface area contributed by atoms with Crippen molar-refractivity contribution in [2.24, 2.45) is 5.73 Å². The highest BCUT2D eigenvalue weighted by atomic mass is 16.2. The first-order chi connectivity index (χ1) is 8.93. The van der Waals surface area contributed by atoms with Crippen molar-refractivity contribution in [2.45, 2.75) is 39.3 Å². The maximum Gasteiger partial charge on any atom is 0.318 e. The van der Waals surface area contributed by atoms with Crippen molar-refractivity contribution in [2.75, 3.05) is 0 Å². The molecular formula is C14H21N3O2. The molecule has 2 atom stereocenters. The topological polar surface area (TPSA) is 84.2 Å². The van der Waals surface area contributed by atoms with E-state index in [9.17, 15) is 9.59 Å². The van der Waals surface area contributed by atoms with Gasteiger partial charge in [0.05, 0.1) is 6.04 Å². The Balaban J connectivity index is 2.60. The van der Waals surface area contributed by atoms with Crippen molar-refractivity contribution in [1.29, 1.82) is 0 Å². The minimum absolute atomic E-state index is 0.0135. The van der Waals surface area contributed by atoms with Gasteiger partial charge in [-0.2, -0.15) is 0 Å². The highest BCUT2D eigenvalue weighted by molar-refractivity contribution is 5.96. The van der Waals surface area contributed by atoms with Gasteiger partial charge in [0.2, 0.25) is 5.91 Å². The lowest BCUT2D eigenvalue weighted by Gasteiger charge is -2.19. The lowest BCUT2D eigenvalue weighted by Crippen LogP contribution is -2.47. The van der Waals surface area contributed by atoms with E-state index in [1.165, 1.54) is 5.56 Å². The smallest absolute Gasteiger partial charge is 0.318 e. The number of nitrogens with one attached hydrogen (secondary N) is 2. The number of nitrogens with two attached hydrogens (primary N) is 1. The van der Waals surface area contributed by atoms with E-state index in [-0.39, 0.29) is 6.04 Å². The number of rotatable bonds is 5. The molecule has 0 radical (unpaired) electrons. The van der Waals surface area contributed by atoms with Crippen LogP contribution in [-0.2, 0) is 11.2 Å². The number of hydrogen-bond acceptors (Lipinski definition) is 3. The molecule has 0 saturated carbocycles. The molecule has 0 aliphatic carbocycles. The molecule has 0 spiro atoms. The summed E-state index contributed by atoms with van der Waals surface area (Å²) in [6.07, 6.45) is 1.000. The van der Waals surface area contributed by atoms with Gasteiger partial charge in [-0.15, -0.1) is 0 Å². The molecule has 0 saturated heterocycles. The molecule has 0 bridgehead atoms. The molecule has 1 aromatic rings. The third-order valence-electron chi connectivity index (χ3n) is 3.03. The van der Waals surface area contributed by atoms with Crippen LogP contribution in [0.25, 0.3) is 0 Å². The highest BCUT2D eigenvalue weighted by Crippen LogP contribution is 2.14. The molecule has 1 aromatic carbocycles. The van der Waals surface area contributed by atoms with E-state index >= 15 is 0 Å². The van der Waals surface area contributed by atoms with Gasteiger partial charge >= 0.3 is 6.03 Å². The van der Waals surface area contributed by atoms with E-state index in [0.29, 0.717) is 0 Å². The molecule has 5 heteroatoms. The second-order valence-electron chi connectivity index (χ2n) is 4.56. The zero-order valence-corrected chi connectivity index (χ0v) is 11.6. The number of amides is 3. The number of carbonyl (C=O) groups is 2. The number of hydrogen-bond donors (Lipinski definition) is 3. The van der Waals surface area contributed by atoms with Crippen LogP contribution in [0.5, 0.6) is 0 Å². The molecule has 0 aliphatic rings. The number of benzene rings is 1. The molecule has 104 valence electrons. The Morgan fingerprint density at radius 3 is 2.26 bits per heavy atom. The molecule has 4 N–H and O–H groups in total. The van der Waals surface area contributed by atoms with Gasteiger partial charge < -0.3 is 5.73 Å². The van der Waals surface area contributed by atoms with Gasteiger partial charge in [-0.1, -0.05) is 31.2 Å². The highest BCUT2D eigenvalue weighted by Gasteiger charge is 2.17. The van der Waals surface area contributed by atoms with E-state index in [0.717, 1.165) is 12.0 Å². The molecule has 1 rings (SSSR count). The fourth-order valence-corrected chi connectivity index (χ4v) is 1.82. The summed E-state index contributed by atoms with van der Waals surface area (Å²) in [5, 5.41) is 5.17. The van der Waals surface area contributed by atoms with Crippen LogP contribution in [-0.4, -0.2) is 18.0 Å². The van der Waals surface area contributed by atoms with Crippen molar-refractivity contribution in [3.05, 3.63) is 35.4 Å². The zero-order chi connectivity index (χ0) is 14.4. The Hall–Kier alpha value is -1.88. The van der Waals surface area contributed by atoms with Gasteiger partial charge in [-0.3, -0.25) is 15.4 Å². The first kappa shape index (κ1) is 15.2. The summed E-state index contributed by atoms with van der Waals surface area (Å²) in [5.41, 5.74) is 7.27. The van der Waals surface area contributed by atoms with Gasteiger partial charge in [0.15, 0.2) is 0 Å².